The van der Waals surface area contributed by atoms with Gasteiger partial charge in [-0.2, -0.15) is 0 Å². The summed E-state index contributed by atoms with van der Waals surface area (Å²) in [6.45, 7) is 2.89. The van der Waals surface area contributed by atoms with Gasteiger partial charge in [-0.15, -0.1) is 0 Å². The second-order valence-electron chi connectivity index (χ2n) is 3.00. The first-order chi connectivity index (χ1) is 8.70. The lowest BCUT2D eigenvalue weighted by atomic mass is 10.4. The summed E-state index contributed by atoms with van der Waals surface area (Å²) in [7, 11) is 0. The summed E-state index contributed by atoms with van der Waals surface area (Å²) in [6.07, 6.45) is 1.55. The van der Waals surface area contributed by atoms with E-state index in [9.17, 15) is 9.59 Å². The maximum atomic E-state index is 10.8. The molecule has 1 amide bonds. The number of nitrogens with one attached hydrogen (secondary N) is 2. The molecule has 1 heterocycles. The topological polar surface area (TPSA) is 71.2 Å². The standard InChI is InChI=1S/C8H12INO2.C3H3NOS/c1-2-3-7-12-8(11)10-6-4-5-9;5-3-1-2-6-4-3/h2-3,6-7H2,1H3,(H,10,11);1-2H,(H,4,5). The van der Waals surface area contributed by atoms with Gasteiger partial charge in [0.2, 0.25) is 0 Å². The van der Waals surface area contributed by atoms with Crippen LogP contribution >= 0.6 is 34.1 Å². The lowest BCUT2D eigenvalue weighted by Gasteiger charge is -2.02. The maximum absolute atomic E-state index is 10.8. The van der Waals surface area contributed by atoms with Crippen LogP contribution in [0.3, 0.4) is 0 Å². The van der Waals surface area contributed by atoms with E-state index in [1.807, 2.05) is 29.5 Å². The van der Waals surface area contributed by atoms with Crippen molar-refractivity contribution in [2.75, 3.05) is 13.2 Å². The van der Waals surface area contributed by atoms with Crippen molar-refractivity contribution in [2.45, 2.75) is 19.8 Å². The monoisotopic (exact) mass is 382 g/mol. The first-order valence-electron chi connectivity index (χ1n) is 5.32. The van der Waals surface area contributed by atoms with Crippen LogP contribution in [0.1, 0.15) is 19.8 Å². The molecule has 7 heteroatoms. The van der Waals surface area contributed by atoms with Crippen LogP contribution in [0.25, 0.3) is 0 Å². The first kappa shape index (κ1) is 17.0. The average Bonchev–Trinajstić information content (AvgIpc) is 2.82. The molecule has 1 aromatic rings. The van der Waals surface area contributed by atoms with Crippen molar-refractivity contribution in [3.05, 3.63) is 21.8 Å². The molecular formula is C11H15IN2O3S. The van der Waals surface area contributed by atoms with Crippen molar-refractivity contribution in [3.8, 4) is 9.85 Å². The number of alkyl carbamates (subject to hydrolysis) is 1. The highest BCUT2D eigenvalue weighted by Gasteiger charge is 1.97. The molecule has 0 spiro atoms. The van der Waals surface area contributed by atoms with Gasteiger partial charge in [-0.1, -0.05) is 30.8 Å². The molecule has 0 saturated heterocycles. The van der Waals surface area contributed by atoms with Gasteiger partial charge in [0, 0.05) is 34.0 Å². The average molecular weight is 382 g/mol. The molecule has 5 nitrogen and oxygen atoms in total. The molecule has 0 aliphatic heterocycles. The van der Waals surface area contributed by atoms with Gasteiger partial charge in [-0.3, -0.25) is 9.17 Å². The molecule has 0 bridgehead atoms. The number of ether oxygens (including phenoxy) is 1. The highest BCUT2D eigenvalue weighted by Crippen LogP contribution is 1.87. The summed E-state index contributed by atoms with van der Waals surface area (Å²) in [5, 5.41) is 4.21. The van der Waals surface area contributed by atoms with Gasteiger partial charge in [0.1, 0.15) is 0 Å². The maximum Gasteiger partial charge on any atom is 0.407 e. The molecule has 0 aliphatic carbocycles. The van der Waals surface area contributed by atoms with E-state index in [0.717, 1.165) is 12.8 Å². The van der Waals surface area contributed by atoms with E-state index in [1.54, 1.807) is 5.38 Å². The summed E-state index contributed by atoms with van der Waals surface area (Å²) < 4.78 is 9.93. The van der Waals surface area contributed by atoms with Gasteiger partial charge in [-0.05, 0) is 10.3 Å². The number of unbranched alkanes of at least 4 members (excludes halogenated alkanes) is 1. The van der Waals surface area contributed by atoms with Gasteiger partial charge in [0.15, 0.2) is 0 Å². The number of aromatic amines is 1. The normalized spacial score (nSPS) is 8.33. The summed E-state index contributed by atoms with van der Waals surface area (Å²) in [4.78, 5) is 20.8. The molecule has 0 unspecified atom stereocenters. The van der Waals surface area contributed by atoms with Gasteiger partial charge in [-0.25, -0.2) is 4.79 Å². The van der Waals surface area contributed by atoms with Crippen molar-refractivity contribution in [3.63, 3.8) is 0 Å². The summed E-state index contributed by atoms with van der Waals surface area (Å²) in [5.74, 6) is 2.69. The molecule has 100 valence electrons. The fraction of sp³-hybridized carbons (Fsp3) is 0.455. The van der Waals surface area contributed by atoms with Crippen LogP contribution in [0.15, 0.2) is 16.2 Å². The lowest BCUT2D eigenvalue weighted by Crippen LogP contribution is -2.24. The highest BCUT2D eigenvalue weighted by molar-refractivity contribution is 14.1. The third kappa shape index (κ3) is 11.5. The Bertz CT molecular complexity index is 416. The van der Waals surface area contributed by atoms with Crippen LogP contribution in [-0.4, -0.2) is 23.6 Å². The number of aromatic nitrogens is 1. The molecule has 0 aliphatic rings. The van der Waals surface area contributed by atoms with E-state index in [1.165, 1.54) is 17.6 Å². The minimum atomic E-state index is -0.386. The predicted molar refractivity (Wildman–Crippen MR) is 81.0 cm³/mol. The van der Waals surface area contributed by atoms with Crippen molar-refractivity contribution in [1.82, 2.24) is 9.69 Å². The Morgan fingerprint density at radius 3 is 2.89 bits per heavy atom. The third-order valence-electron chi connectivity index (χ3n) is 1.57. The summed E-state index contributed by atoms with van der Waals surface area (Å²) in [5.41, 5.74) is -0.0139. The smallest absolute Gasteiger partial charge is 0.407 e. The lowest BCUT2D eigenvalue weighted by molar-refractivity contribution is 0.146. The predicted octanol–water partition coefficient (Wildman–Crippen LogP) is 2.34. The van der Waals surface area contributed by atoms with Crippen molar-refractivity contribution in [1.29, 1.82) is 0 Å². The largest absolute Gasteiger partial charge is 0.450 e. The molecule has 0 aromatic carbocycles. The van der Waals surface area contributed by atoms with Gasteiger partial charge in [0.05, 0.1) is 13.2 Å². The zero-order valence-electron chi connectivity index (χ0n) is 9.99. The van der Waals surface area contributed by atoms with E-state index in [2.05, 4.69) is 19.5 Å². The molecule has 0 radical (unpaired) electrons. The van der Waals surface area contributed by atoms with Gasteiger partial charge < -0.3 is 10.1 Å². The number of hydrogen-bond donors (Lipinski definition) is 2. The van der Waals surface area contributed by atoms with Crippen LogP contribution in [0.2, 0.25) is 0 Å². The summed E-state index contributed by atoms with van der Waals surface area (Å²) in [6, 6.07) is 1.49. The highest BCUT2D eigenvalue weighted by atomic mass is 127. The van der Waals surface area contributed by atoms with E-state index in [0.29, 0.717) is 13.2 Å². The van der Waals surface area contributed by atoms with E-state index in [-0.39, 0.29) is 11.7 Å². The zero-order valence-corrected chi connectivity index (χ0v) is 13.0. The number of rotatable bonds is 4. The quantitative estimate of drug-likeness (QED) is 0.477. The third-order valence-corrected chi connectivity index (χ3v) is 2.54. The second-order valence-corrected chi connectivity index (χ2v) is 4.25. The number of carbonyl (C=O) groups is 1. The Morgan fingerprint density at radius 2 is 2.44 bits per heavy atom. The van der Waals surface area contributed by atoms with Gasteiger partial charge in [0.25, 0.3) is 5.56 Å². The minimum Gasteiger partial charge on any atom is -0.450 e. The molecule has 1 aromatic heterocycles. The zero-order chi connectivity index (χ0) is 13.6. The first-order valence-corrected chi connectivity index (χ1v) is 7.27. The number of halogens is 1. The molecular weight excluding hydrogens is 367 g/mol. The number of amides is 1. The number of hydrogen-bond acceptors (Lipinski definition) is 4. The Balaban J connectivity index is 0.000000397. The SMILES string of the molecule is CCCCOC(=O)NCC#CI.O=c1ccs[nH]1. The minimum absolute atomic E-state index is 0.0139. The van der Waals surface area contributed by atoms with E-state index >= 15 is 0 Å². The fourth-order valence-electron chi connectivity index (χ4n) is 0.732. The van der Waals surface area contributed by atoms with Crippen molar-refractivity contribution >= 4 is 40.2 Å². The van der Waals surface area contributed by atoms with Crippen LogP contribution in [0.4, 0.5) is 4.79 Å². The molecule has 0 fully saturated rings. The summed E-state index contributed by atoms with van der Waals surface area (Å²) >= 11 is 3.22. The van der Waals surface area contributed by atoms with E-state index < -0.39 is 0 Å². The van der Waals surface area contributed by atoms with E-state index in [4.69, 9.17) is 4.74 Å². The molecule has 0 atom stereocenters. The Kier molecular flexibility index (Phi) is 11.7. The van der Waals surface area contributed by atoms with Gasteiger partial charge >= 0.3 is 6.09 Å². The van der Waals surface area contributed by atoms with Crippen molar-refractivity contribution < 1.29 is 9.53 Å². The Labute approximate surface area is 124 Å². The van der Waals surface area contributed by atoms with Crippen LogP contribution in [0.5, 0.6) is 0 Å². The fourth-order valence-corrected chi connectivity index (χ4v) is 1.37. The molecule has 0 saturated carbocycles. The molecule has 2 N–H and O–H groups in total. The van der Waals surface area contributed by atoms with Crippen LogP contribution in [0, 0.1) is 9.85 Å². The van der Waals surface area contributed by atoms with Crippen LogP contribution in [-0.2, 0) is 4.74 Å². The van der Waals surface area contributed by atoms with Crippen molar-refractivity contribution in [2.24, 2.45) is 0 Å². The molecule has 1 rings (SSSR count). The molecule has 18 heavy (non-hydrogen) atoms. The number of H-pyrrole nitrogens is 1. The second kappa shape index (κ2) is 12.4. The van der Waals surface area contributed by atoms with Crippen LogP contribution < -0.4 is 10.9 Å². The number of carbonyl (C=O) groups excluding carboxylic acids is 1. The Hall–Kier alpha value is -1.01. The Morgan fingerprint density at radius 1 is 1.67 bits per heavy atom.